The zero-order valence-electron chi connectivity index (χ0n) is 12.2. The predicted molar refractivity (Wildman–Crippen MR) is 81.9 cm³/mol. The van der Waals surface area contributed by atoms with Crippen LogP contribution in [0.1, 0.15) is 11.1 Å². The number of aryl methyl sites for hydroxylation is 1. The number of benzene rings is 2. The average Bonchev–Trinajstić information content (AvgIpc) is 2.49. The van der Waals surface area contributed by atoms with E-state index in [0.717, 1.165) is 0 Å². The Kier molecular flexibility index (Phi) is 5.41. The van der Waals surface area contributed by atoms with E-state index in [1.54, 1.807) is 19.1 Å². The monoisotopic (exact) mass is 321 g/mol. The van der Waals surface area contributed by atoms with E-state index in [1.807, 2.05) is 0 Å². The van der Waals surface area contributed by atoms with Gasteiger partial charge in [-0.3, -0.25) is 4.79 Å². The number of nitrogens with one attached hydrogen (secondary N) is 1. The summed E-state index contributed by atoms with van der Waals surface area (Å²) < 4.78 is 41.3. The second kappa shape index (κ2) is 7.49. The lowest BCUT2D eigenvalue weighted by Crippen LogP contribution is -2.09. The van der Waals surface area contributed by atoms with E-state index in [1.165, 1.54) is 42.5 Å². The van der Waals surface area contributed by atoms with E-state index in [-0.39, 0.29) is 17.5 Å². The Morgan fingerprint density at radius 2 is 1.87 bits per heavy atom. The van der Waals surface area contributed by atoms with Crippen LogP contribution in [-0.2, 0) is 4.79 Å². The molecule has 0 saturated heterocycles. The summed E-state index contributed by atoms with van der Waals surface area (Å²) in [4.78, 5) is 11.8. The van der Waals surface area contributed by atoms with Crippen LogP contribution in [0, 0.1) is 12.7 Å². The van der Waals surface area contributed by atoms with Crippen molar-refractivity contribution in [3.63, 3.8) is 0 Å². The number of hydrogen-bond acceptors (Lipinski definition) is 2. The largest absolute Gasteiger partial charge is 0.435 e. The molecular formula is C17H14F3NO2. The molecule has 6 heteroatoms. The molecule has 120 valence electrons. The van der Waals surface area contributed by atoms with Crippen LogP contribution in [0.2, 0.25) is 0 Å². The second-order valence-electron chi connectivity index (χ2n) is 4.73. The highest BCUT2D eigenvalue weighted by molar-refractivity contribution is 6.02. The predicted octanol–water partition coefficient (Wildman–Crippen LogP) is 4.39. The van der Waals surface area contributed by atoms with E-state index in [2.05, 4.69) is 10.1 Å². The minimum absolute atomic E-state index is 0.0449. The third-order valence-electron chi connectivity index (χ3n) is 2.98. The zero-order valence-corrected chi connectivity index (χ0v) is 12.2. The van der Waals surface area contributed by atoms with Gasteiger partial charge < -0.3 is 10.1 Å². The van der Waals surface area contributed by atoms with Gasteiger partial charge in [-0.2, -0.15) is 8.78 Å². The van der Waals surface area contributed by atoms with Gasteiger partial charge in [0, 0.05) is 11.8 Å². The molecule has 23 heavy (non-hydrogen) atoms. The molecule has 2 aromatic rings. The minimum Gasteiger partial charge on any atom is -0.435 e. The van der Waals surface area contributed by atoms with Crippen LogP contribution in [-0.4, -0.2) is 12.5 Å². The molecule has 0 aromatic heterocycles. The summed E-state index contributed by atoms with van der Waals surface area (Å²) in [5.74, 6) is -0.710. The van der Waals surface area contributed by atoms with Crippen molar-refractivity contribution in [2.24, 2.45) is 0 Å². The van der Waals surface area contributed by atoms with Gasteiger partial charge in [-0.05, 0) is 54.5 Å². The molecule has 0 fully saturated rings. The van der Waals surface area contributed by atoms with Gasteiger partial charge in [-0.1, -0.05) is 12.1 Å². The smallest absolute Gasteiger partial charge is 0.387 e. The highest BCUT2D eigenvalue weighted by atomic mass is 19.3. The molecule has 0 bridgehead atoms. The molecular weight excluding hydrogens is 307 g/mol. The van der Waals surface area contributed by atoms with Crippen molar-refractivity contribution in [1.82, 2.24) is 0 Å². The summed E-state index contributed by atoms with van der Waals surface area (Å²) in [6.07, 6.45) is 2.83. The molecule has 2 aromatic carbocycles. The van der Waals surface area contributed by atoms with Gasteiger partial charge >= 0.3 is 6.61 Å². The standard InChI is InChI=1S/C17H14F3NO2/c1-11-10-13(18)5-8-15(11)21-16(22)9-4-12-2-6-14(7-3-12)23-17(19)20/h2-10,17H,1H3,(H,21,22)/b9-4+. The highest BCUT2D eigenvalue weighted by Gasteiger charge is 2.04. The number of carbonyl (C=O) groups is 1. The van der Waals surface area contributed by atoms with Gasteiger partial charge in [-0.25, -0.2) is 4.39 Å². The lowest BCUT2D eigenvalue weighted by atomic mass is 10.2. The number of halogens is 3. The Bertz CT molecular complexity index is 712. The first-order chi connectivity index (χ1) is 10.9. The summed E-state index contributed by atoms with van der Waals surface area (Å²) in [5.41, 5.74) is 1.78. The maximum Gasteiger partial charge on any atom is 0.387 e. The third-order valence-corrected chi connectivity index (χ3v) is 2.98. The van der Waals surface area contributed by atoms with E-state index in [9.17, 15) is 18.0 Å². The van der Waals surface area contributed by atoms with Crippen molar-refractivity contribution in [1.29, 1.82) is 0 Å². The highest BCUT2D eigenvalue weighted by Crippen LogP contribution is 2.17. The molecule has 0 heterocycles. The summed E-state index contributed by atoms with van der Waals surface area (Å²) in [5, 5.41) is 2.63. The first-order valence-electron chi connectivity index (χ1n) is 6.74. The fourth-order valence-electron chi connectivity index (χ4n) is 1.87. The molecule has 0 radical (unpaired) electrons. The molecule has 1 amide bonds. The average molecular weight is 321 g/mol. The number of anilines is 1. The Morgan fingerprint density at radius 1 is 1.17 bits per heavy atom. The minimum atomic E-state index is -2.87. The fourth-order valence-corrected chi connectivity index (χ4v) is 1.87. The van der Waals surface area contributed by atoms with Gasteiger partial charge in [0.25, 0.3) is 0 Å². The van der Waals surface area contributed by atoms with Crippen LogP contribution >= 0.6 is 0 Å². The molecule has 0 atom stereocenters. The molecule has 0 spiro atoms. The van der Waals surface area contributed by atoms with Crippen molar-refractivity contribution in [2.45, 2.75) is 13.5 Å². The van der Waals surface area contributed by atoms with Gasteiger partial charge in [0.1, 0.15) is 11.6 Å². The van der Waals surface area contributed by atoms with Crippen molar-refractivity contribution < 1.29 is 22.7 Å². The molecule has 0 aliphatic rings. The molecule has 0 saturated carbocycles. The van der Waals surface area contributed by atoms with Crippen LogP contribution in [0.5, 0.6) is 5.75 Å². The fraction of sp³-hybridized carbons (Fsp3) is 0.118. The lowest BCUT2D eigenvalue weighted by molar-refractivity contribution is -0.111. The number of hydrogen-bond donors (Lipinski definition) is 1. The molecule has 2 rings (SSSR count). The van der Waals surface area contributed by atoms with Crippen LogP contribution in [0.15, 0.2) is 48.5 Å². The van der Waals surface area contributed by atoms with E-state index in [0.29, 0.717) is 16.8 Å². The summed E-state index contributed by atoms with van der Waals surface area (Å²) >= 11 is 0. The van der Waals surface area contributed by atoms with Crippen LogP contribution in [0.25, 0.3) is 6.08 Å². The lowest BCUT2D eigenvalue weighted by Gasteiger charge is -2.06. The summed E-state index contributed by atoms with van der Waals surface area (Å²) in [6, 6.07) is 9.92. The normalized spacial score (nSPS) is 11.0. The molecule has 3 nitrogen and oxygen atoms in total. The SMILES string of the molecule is Cc1cc(F)ccc1NC(=O)/C=C/c1ccc(OC(F)F)cc1. The Balaban J connectivity index is 1.97. The zero-order chi connectivity index (χ0) is 16.8. The summed E-state index contributed by atoms with van der Waals surface area (Å²) in [6.45, 7) is -1.19. The van der Waals surface area contributed by atoms with E-state index >= 15 is 0 Å². The molecule has 0 aliphatic heterocycles. The van der Waals surface area contributed by atoms with E-state index < -0.39 is 6.61 Å². The maximum atomic E-state index is 13.0. The van der Waals surface area contributed by atoms with E-state index in [4.69, 9.17) is 0 Å². The van der Waals surface area contributed by atoms with Crippen LogP contribution in [0.3, 0.4) is 0 Å². The number of rotatable bonds is 5. The van der Waals surface area contributed by atoms with Crippen molar-refractivity contribution >= 4 is 17.7 Å². The third kappa shape index (κ3) is 5.18. The first-order valence-corrected chi connectivity index (χ1v) is 6.74. The number of carbonyl (C=O) groups excluding carboxylic acids is 1. The Morgan fingerprint density at radius 3 is 2.48 bits per heavy atom. The topological polar surface area (TPSA) is 38.3 Å². The quantitative estimate of drug-likeness (QED) is 0.830. The van der Waals surface area contributed by atoms with Gasteiger partial charge in [0.2, 0.25) is 5.91 Å². The van der Waals surface area contributed by atoms with Crippen LogP contribution < -0.4 is 10.1 Å². The van der Waals surface area contributed by atoms with Gasteiger partial charge in [-0.15, -0.1) is 0 Å². The van der Waals surface area contributed by atoms with Crippen LogP contribution in [0.4, 0.5) is 18.9 Å². The molecule has 1 N–H and O–H groups in total. The van der Waals surface area contributed by atoms with Crippen molar-refractivity contribution in [3.05, 3.63) is 65.5 Å². The number of amides is 1. The molecule has 0 unspecified atom stereocenters. The molecule has 0 aliphatic carbocycles. The maximum absolute atomic E-state index is 13.0. The van der Waals surface area contributed by atoms with Gasteiger partial charge in [0.05, 0.1) is 0 Å². The van der Waals surface area contributed by atoms with Gasteiger partial charge in [0.15, 0.2) is 0 Å². The Labute approximate surface area is 131 Å². The first kappa shape index (κ1) is 16.6. The number of ether oxygens (including phenoxy) is 1. The summed E-state index contributed by atoms with van der Waals surface area (Å²) in [7, 11) is 0. The van der Waals surface area contributed by atoms with Crippen molar-refractivity contribution in [2.75, 3.05) is 5.32 Å². The number of alkyl halides is 2. The second-order valence-corrected chi connectivity index (χ2v) is 4.73. The Hall–Kier alpha value is -2.76. The van der Waals surface area contributed by atoms with Crippen molar-refractivity contribution in [3.8, 4) is 5.75 Å².